The van der Waals surface area contributed by atoms with E-state index in [4.69, 9.17) is 21.1 Å². The quantitative estimate of drug-likeness (QED) is 0.184. The van der Waals surface area contributed by atoms with E-state index in [9.17, 15) is 19.7 Å². The monoisotopic (exact) mass is 467 g/mol. The maximum absolute atomic E-state index is 13.1. The van der Waals surface area contributed by atoms with Crippen LogP contribution < -0.4 is 0 Å². The number of carbonyl (C=O) groups excluding carboxylic acids is 2. The molecule has 0 radical (unpaired) electrons. The number of benzene rings is 3. The molecular weight excluding hydrogens is 446 g/mol. The number of hydrogen-bond donors (Lipinski definition) is 0. The standard InChI is InChI=1S/C25H22ClNO6/c26-21-13-11-20(12-14-21)22(15-27(30)31)23(24(28)32-16-18-7-3-1-4-8-18)25(29)33-17-19-9-5-2-6-10-19/h1-14,22-23H,15-17H2. The fraction of sp³-hybridized carbons (Fsp3) is 0.200. The molecule has 0 spiro atoms. The topological polar surface area (TPSA) is 95.7 Å². The van der Waals surface area contributed by atoms with E-state index in [2.05, 4.69) is 0 Å². The number of ether oxygens (including phenoxy) is 2. The van der Waals surface area contributed by atoms with E-state index in [1.807, 2.05) is 12.1 Å². The Morgan fingerprint density at radius 2 is 1.24 bits per heavy atom. The minimum absolute atomic E-state index is 0.0755. The molecule has 0 heterocycles. The zero-order chi connectivity index (χ0) is 23.6. The minimum atomic E-state index is -1.52. The van der Waals surface area contributed by atoms with Crippen molar-refractivity contribution < 1.29 is 24.0 Å². The van der Waals surface area contributed by atoms with Gasteiger partial charge in [-0.2, -0.15) is 0 Å². The molecule has 0 fully saturated rings. The van der Waals surface area contributed by atoms with Gasteiger partial charge in [0.1, 0.15) is 13.2 Å². The van der Waals surface area contributed by atoms with Crippen LogP contribution in [0.15, 0.2) is 84.9 Å². The van der Waals surface area contributed by atoms with Crippen LogP contribution in [0.3, 0.4) is 0 Å². The lowest BCUT2D eigenvalue weighted by Gasteiger charge is -2.22. The molecule has 1 unspecified atom stereocenters. The summed E-state index contributed by atoms with van der Waals surface area (Å²) in [5.74, 6) is -4.40. The summed E-state index contributed by atoms with van der Waals surface area (Å²) in [6.45, 7) is -0.810. The average molecular weight is 468 g/mol. The molecule has 0 saturated carbocycles. The van der Waals surface area contributed by atoms with Crippen molar-refractivity contribution in [3.63, 3.8) is 0 Å². The van der Waals surface area contributed by atoms with Crippen LogP contribution >= 0.6 is 11.6 Å². The Bertz CT molecular complexity index is 1020. The van der Waals surface area contributed by atoms with Crippen LogP contribution in [0.25, 0.3) is 0 Å². The first kappa shape index (κ1) is 23.9. The van der Waals surface area contributed by atoms with Crippen molar-refractivity contribution in [2.24, 2.45) is 5.92 Å². The summed E-state index contributed by atoms with van der Waals surface area (Å²) in [7, 11) is 0. The normalized spacial score (nSPS) is 11.6. The van der Waals surface area contributed by atoms with Crippen LogP contribution in [0.5, 0.6) is 0 Å². The van der Waals surface area contributed by atoms with Gasteiger partial charge in [-0.05, 0) is 28.8 Å². The number of hydrogen-bond acceptors (Lipinski definition) is 6. The molecule has 8 heteroatoms. The highest BCUT2D eigenvalue weighted by atomic mass is 35.5. The van der Waals surface area contributed by atoms with Crippen molar-refractivity contribution >= 4 is 23.5 Å². The van der Waals surface area contributed by atoms with Crippen LogP contribution in [0.2, 0.25) is 5.02 Å². The molecule has 0 aromatic heterocycles. The molecule has 0 saturated heterocycles. The zero-order valence-corrected chi connectivity index (χ0v) is 18.4. The second kappa shape index (κ2) is 11.8. The molecule has 3 aromatic carbocycles. The Morgan fingerprint density at radius 3 is 1.67 bits per heavy atom. The summed E-state index contributed by atoms with van der Waals surface area (Å²) in [4.78, 5) is 37.0. The van der Waals surface area contributed by atoms with Crippen LogP contribution in [0.1, 0.15) is 22.6 Å². The first-order valence-corrected chi connectivity index (χ1v) is 10.6. The van der Waals surface area contributed by atoms with Gasteiger partial charge in [0, 0.05) is 9.95 Å². The average Bonchev–Trinajstić information content (AvgIpc) is 2.82. The van der Waals surface area contributed by atoms with Crippen molar-refractivity contribution in [3.8, 4) is 0 Å². The Morgan fingerprint density at radius 1 is 0.788 bits per heavy atom. The van der Waals surface area contributed by atoms with Crippen molar-refractivity contribution in [2.45, 2.75) is 19.1 Å². The van der Waals surface area contributed by atoms with E-state index < -0.39 is 35.2 Å². The van der Waals surface area contributed by atoms with E-state index in [0.717, 1.165) is 11.1 Å². The third-order valence-corrected chi connectivity index (χ3v) is 5.25. The summed E-state index contributed by atoms with van der Waals surface area (Å²) in [5, 5.41) is 11.9. The van der Waals surface area contributed by atoms with E-state index >= 15 is 0 Å². The molecule has 0 N–H and O–H groups in total. The second-order valence-electron chi connectivity index (χ2n) is 7.34. The zero-order valence-electron chi connectivity index (χ0n) is 17.6. The molecule has 170 valence electrons. The molecule has 7 nitrogen and oxygen atoms in total. The molecule has 33 heavy (non-hydrogen) atoms. The first-order valence-electron chi connectivity index (χ1n) is 10.2. The third-order valence-electron chi connectivity index (χ3n) is 5.00. The van der Waals surface area contributed by atoms with Gasteiger partial charge >= 0.3 is 11.9 Å². The van der Waals surface area contributed by atoms with Crippen molar-refractivity contribution in [1.82, 2.24) is 0 Å². The molecule has 0 aliphatic rings. The molecule has 3 aromatic rings. The largest absolute Gasteiger partial charge is 0.460 e. The molecule has 3 rings (SSSR count). The van der Waals surface area contributed by atoms with Gasteiger partial charge in [-0.1, -0.05) is 84.4 Å². The highest BCUT2D eigenvalue weighted by Gasteiger charge is 2.41. The van der Waals surface area contributed by atoms with Crippen LogP contribution in [-0.2, 0) is 32.3 Å². The lowest BCUT2D eigenvalue weighted by atomic mass is 9.85. The summed E-state index contributed by atoms with van der Waals surface area (Å²) < 4.78 is 10.8. The van der Waals surface area contributed by atoms with Gasteiger partial charge in [0.15, 0.2) is 5.92 Å². The van der Waals surface area contributed by atoms with E-state index in [1.54, 1.807) is 72.8 Å². The number of rotatable bonds is 10. The summed E-state index contributed by atoms with van der Waals surface area (Å²) >= 11 is 5.94. The number of nitrogens with zero attached hydrogens (tertiary/aromatic N) is 1. The first-order chi connectivity index (χ1) is 15.9. The van der Waals surface area contributed by atoms with Gasteiger partial charge in [0.05, 0.1) is 5.92 Å². The van der Waals surface area contributed by atoms with Crippen LogP contribution in [-0.4, -0.2) is 23.4 Å². The predicted octanol–water partition coefficient (Wildman–Crippen LogP) is 4.80. The van der Waals surface area contributed by atoms with Crippen molar-refractivity contribution in [2.75, 3.05) is 6.54 Å². The predicted molar refractivity (Wildman–Crippen MR) is 122 cm³/mol. The number of esters is 2. The Labute approximate surface area is 196 Å². The summed E-state index contributed by atoms with van der Waals surface area (Å²) in [5.41, 5.74) is 1.86. The van der Waals surface area contributed by atoms with Gasteiger partial charge < -0.3 is 9.47 Å². The minimum Gasteiger partial charge on any atom is -0.460 e. The van der Waals surface area contributed by atoms with Crippen LogP contribution in [0.4, 0.5) is 0 Å². The molecule has 1 atom stereocenters. The summed E-state index contributed by atoms with van der Waals surface area (Å²) in [6, 6.07) is 24.1. The SMILES string of the molecule is O=C(OCc1ccccc1)C(C(=O)OCc1ccccc1)C(C[N+](=O)[O-])c1ccc(Cl)cc1. The van der Waals surface area contributed by atoms with E-state index in [-0.39, 0.29) is 13.2 Å². The van der Waals surface area contributed by atoms with Crippen molar-refractivity contribution in [1.29, 1.82) is 0 Å². The van der Waals surface area contributed by atoms with E-state index in [0.29, 0.717) is 10.6 Å². The molecule has 0 aliphatic heterocycles. The maximum Gasteiger partial charge on any atom is 0.321 e. The molecule has 0 aliphatic carbocycles. The Balaban J connectivity index is 1.86. The lowest BCUT2D eigenvalue weighted by molar-refractivity contribution is -0.484. The van der Waals surface area contributed by atoms with Gasteiger partial charge in [-0.15, -0.1) is 0 Å². The fourth-order valence-electron chi connectivity index (χ4n) is 3.34. The number of nitro groups is 1. The summed E-state index contributed by atoms with van der Waals surface area (Å²) in [6.07, 6.45) is 0. The Kier molecular flexibility index (Phi) is 8.55. The fourth-order valence-corrected chi connectivity index (χ4v) is 3.46. The third kappa shape index (κ3) is 7.15. The van der Waals surface area contributed by atoms with Gasteiger partial charge in [-0.25, -0.2) is 0 Å². The number of carbonyl (C=O) groups is 2. The Hall–Kier alpha value is -3.71. The van der Waals surface area contributed by atoms with Gasteiger partial charge in [0.25, 0.3) is 0 Å². The van der Waals surface area contributed by atoms with Crippen LogP contribution in [0, 0.1) is 16.0 Å². The smallest absolute Gasteiger partial charge is 0.321 e. The highest BCUT2D eigenvalue weighted by Crippen LogP contribution is 2.29. The van der Waals surface area contributed by atoms with Gasteiger partial charge in [0.2, 0.25) is 6.54 Å². The lowest BCUT2D eigenvalue weighted by Crippen LogP contribution is -2.36. The number of halogens is 1. The molecule has 0 amide bonds. The maximum atomic E-state index is 13.1. The van der Waals surface area contributed by atoms with Crippen molar-refractivity contribution in [3.05, 3.63) is 117 Å². The van der Waals surface area contributed by atoms with Gasteiger partial charge in [-0.3, -0.25) is 19.7 Å². The molecule has 0 bridgehead atoms. The highest BCUT2D eigenvalue weighted by molar-refractivity contribution is 6.30. The second-order valence-corrected chi connectivity index (χ2v) is 7.77. The van der Waals surface area contributed by atoms with E-state index in [1.165, 1.54) is 0 Å². The molecular formula is C25H22ClNO6.